The fourth-order valence-electron chi connectivity index (χ4n) is 4.45. The summed E-state index contributed by atoms with van der Waals surface area (Å²) in [6.45, 7) is 6.13. The molecule has 0 radical (unpaired) electrons. The van der Waals surface area contributed by atoms with Gasteiger partial charge in [0.2, 0.25) is 5.91 Å². The Hall–Kier alpha value is -3.88. The van der Waals surface area contributed by atoms with Gasteiger partial charge in [0, 0.05) is 17.2 Å². The normalized spacial score (nSPS) is 13.1. The van der Waals surface area contributed by atoms with Gasteiger partial charge in [0.15, 0.2) is 0 Å². The number of nitrogens with zero attached hydrogens (tertiary/aromatic N) is 5. The third-order valence-electron chi connectivity index (χ3n) is 6.31. The molecule has 1 amide bonds. The molecule has 14 heteroatoms. The number of benzene rings is 1. The molecule has 2 atom stereocenters. The van der Waals surface area contributed by atoms with Crippen LogP contribution in [0.15, 0.2) is 40.2 Å². The van der Waals surface area contributed by atoms with Crippen LogP contribution in [0.25, 0.3) is 15.2 Å². The minimum atomic E-state index is -1.14. The average molecular weight is 575 g/mol. The van der Waals surface area contributed by atoms with Crippen LogP contribution in [-0.4, -0.2) is 61.5 Å². The fourth-order valence-corrected chi connectivity index (χ4v) is 5.67. The highest BCUT2D eigenvalue weighted by atomic mass is 32.1. The number of ether oxygens (including phenoxy) is 2. The summed E-state index contributed by atoms with van der Waals surface area (Å²) < 4.78 is 27.9. The third kappa shape index (κ3) is 5.55. The van der Waals surface area contributed by atoms with Gasteiger partial charge in [0.1, 0.15) is 33.5 Å². The van der Waals surface area contributed by atoms with Crippen LogP contribution in [0.3, 0.4) is 0 Å². The standard InChI is InChI=1S/C26H31FN6O6S/c1-14(2)30-22(35)16(4)32-23(36)21-15(3)24(33-28-8-9-29-33)40-25(21)31(26(32)37)13-20(39-11-10-34)18-12-17(27)6-7-19(18)38-5/h6-9,12,14,16,20,34H,10-11,13H2,1-5H3,(H,30,35)/t16?,20-/m0/s1. The van der Waals surface area contributed by atoms with Gasteiger partial charge < -0.3 is 19.9 Å². The molecule has 40 heavy (non-hydrogen) atoms. The van der Waals surface area contributed by atoms with Crippen molar-refractivity contribution in [3.8, 4) is 10.8 Å². The van der Waals surface area contributed by atoms with Crippen molar-refractivity contribution in [3.63, 3.8) is 0 Å². The summed E-state index contributed by atoms with van der Waals surface area (Å²) >= 11 is 1.13. The van der Waals surface area contributed by atoms with Gasteiger partial charge in [0.25, 0.3) is 5.56 Å². The lowest BCUT2D eigenvalue weighted by atomic mass is 10.1. The Morgan fingerprint density at radius 3 is 2.52 bits per heavy atom. The zero-order valence-corrected chi connectivity index (χ0v) is 23.6. The molecule has 0 saturated heterocycles. The Balaban J connectivity index is 1.99. The highest BCUT2D eigenvalue weighted by Gasteiger charge is 2.29. The van der Waals surface area contributed by atoms with E-state index in [4.69, 9.17) is 9.47 Å². The number of hydrogen-bond donors (Lipinski definition) is 2. The van der Waals surface area contributed by atoms with E-state index in [0.29, 0.717) is 26.7 Å². The molecule has 214 valence electrons. The zero-order valence-electron chi connectivity index (χ0n) is 22.8. The minimum absolute atomic E-state index is 0.110. The van der Waals surface area contributed by atoms with Crippen LogP contribution in [0.2, 0.25) is 0 Å². The Morgan fingerprint density at radius 1 is 1.20 bits per heavy atom. The van der Waals surface area contributed by atoms with Crippen LogP contribution in [0, 0.1) is 12.7 Å². The van der Waals surface area contributed by atoms with E-state index in [9.17, 15) is 23.9 Å². The Kier molecular flexibility index (Phi) is 8.81. The van der Waals surface area contributed by atoms with Crippen molar-refractivity contribution in [2.75, 3.05) is 20.3 Å². The molecule has 0 fully saturated rings. The van der Waals surface area contributed by atoms with Crippen molar-refractivity contribution in [2.45, 2.75) is 52.4 Å². The number of aliphatic hydroxyl groups excluding tert-OH is 1. The summed E-state index contributed by atoms with van der Waals surface area (Å²) in [5.41, 5.74) is -0.554. The van der Waals surface area contributed by atoms with Crippen molar-refractivity contribution in [3.05, 3.63) is 68.4 Å². The number of carbonyl (C=O) groups is 1. The summed E-state index contributed by atoms with van der Waals surface area (Å²) in [7, 11) is 1.42. The number of aryl methyl sites for hydroxylation is 1. The van der Waals surface area contributed by atoms with E-state index in [2.05, 4.69) is 15.5 Å². The van der Waals surface area contributed by atoms with Crippen LogP contribution in [0.1, 0.15) is 44.0 Å². The number of rotatable bonds is 11. The number of aromatic nitrogens is 5. The van der Waals surface area contributed by atoms with Gasteiger partial charge in [-0.25, -0.2) is 13.8 Å². The number of methoxy groups -OCH3 is 1. The van der Waals surface area contributed by atoms with Gasteiger partial charge in [-0.2, -0.15) is 10.2 Å². The molecule has 12 nitrogen and oxygen atoms in total. The van der Waals surface area contributed by atoms with E-state index in [1.807, 2.05) is 0 Å². The van der Waals surface area contributed by atoms with Crippen molar-refractivity contribution in [2.24, 2.45) is 0 Å². The van der Waals surface area contributed by atoms with Crippen LogP contribution in [0.5, 0.6) is 5.75 Å². The van der Waals surface area contributed by atoms with E-state index in [0.717, 1.165) is 15.9 Å². The van der Waals surface area contributed by atoms with E-state index in [1.165, 1.54) is 54.0 Å². The highest BCUT2D eigenvalue weighted by Crippen LogP contribution is 2.34. The molecule has 1 aromatic carbocycles. The topological polar surface area (TPSA) is 142 Å². The SMILES string of the molecule is COc1ccc(F)cc1[C@H](Cn1c(=O)n(C(C)C(=O)NC(C)C)c(=O)c2c(C)c(-n3nccn3)sc21)OCCO. The first-order valence-corrected chi connectivity index (χ1v) is 13.4. The number of nitrogens with one attached hydrogen (secondary N) is 1. The van der Waals surface area contributed by atoms with Gasteiger partial charge in [-0.05, 0) is 45.9 Å². The zero-order chi connectivity index (χ0) is 29.1. The molecule has 0 aliphatic heterocycles. The molecule has 0 saturated carbocycles. The van der Waals surface area contributed by atoms with Crippen LogP contribution >= 0.6 is 11.3 Å². The lowest BCUT2D eigenvalue weighted by Gasteiger charge is -2.23. The number of halogens is 1. The van der Waals surface area contributed by atoms with E-state index in [-0.39, 0.29) is 31.2 Å². The van der Waals surface area contributed by atoms with Crippen molar-refractivity contribution in [1.82, 2.24) is 29.4 Å². The van der Waals surface area contributed by atoms with Gasteiger partial charge in [-0.15, -0.1) is 4.80 Å². The summed E-state index contributed by atoms with van der Waals surface area (Å²) in [6.07, 6.45) is 2.02. The van der Waals surface area contributed by atoms with E-state index in [1.54, 1.807) is 20.8 Å². The molecule has 0 aliphatic carbocycles. The first kappa shape index (κ1) is 29.1. The lowest BCUT2D eigenvalue weighted by Crippen LogP contribution is -2.47. The molecule has 3 aromatic heterocycles. The quantitative estimate of drug-likeness (QED) is 0.277. The number of fused-ring (bicyclic) bond motifs is 1. The number of thiophene rings is 1. The Labute approximate surface area is 232 Å². The highest BCUT2D eigenvalue weighted by molar-refractivity contribution is 7.21. The second kappa shape index (κ2) is 12.1. The summed E-state index contributed by atoms with van der Waals surface area (Å²) in [4.78, 5) is 42.4. The number of carbonyl (C=O) groups excluding carboxylic acids is 1. The average Bonchev–Trinajstić information content (AvgIpc) is 3.56. The molecular weight excluding hydrogens is 543 g/mol. The Morgan fingerprint density at radius 2 is 1.90 bits per heavy atom. The van der Waals surface area contributed by atoms with Gasteiger partial charge >= 0.3 is 5.69 Å². The molecule has 4 aromatic rings. The number of aliphatic hydroxyl groups is 1. The number of amides is 1. The lowest BCUT2D eigenvalue weighted by molar-refractivity contribution is -0.124. The van der Waals surface area contributed by atoms with E-state index < -0.39 is 35.1 Å². The maximum Gasteiger partial charge on any atom is 0.332 e. The largest absolute Gasteiger partial charge is 0.496 e. The Bertz CT molecular complexity index is 1630. The molecule has 0 aliphatic rings. The van der Waals surface area contributed by atoms with Gasteiger partial charge in [-0.1, -0.05) is 11.3 Å². The summed E-state index contributed by atoms with van der Waals surface area (Å²) in [5, 5.41) is 21.3. The molecule has 0 spiro atoms. The summed E-state index contributed by atoms with van der Waals surface area (Å²) in [6, 6.07) is 2.56. The van der Waals surface area contributed by atoms with Gasteiger partial charge in [0.05, 0.1) is 44.6 Å². The molecular formula is C26H31FN6O6S. The second-order valence-corrected chi connectivity index (χ2v) is 10.4. The summed E-state index contributed by atoms with van der Waals surface area (Å²) in [5.74, 6) is -0.730. The van der Waals surface area contributed by atoms with Crippen molar-refractivity contribution < 1.29 is 23.8 Å². The molecule has 4 rings (SSSR count). The predicted molar refractivity (Wildman–Crippen MR) is 147 cm³/mol. The minimum Gasteiger partial charge on any atom is -0.496 e. The number of hydrogen-bond acceptors (Lipinski definition) is 9. The smallest absolute Gasteiger partial charge is 0.332 e. The van der Waals surface area contributed by atoms with Crippen molar-refractivity contribution >= 4 is 27.5 Å². The van der Waals surface area contributed by atoms with Crippen LogP contribution in [-0.2, 0) is 16.1 Å². The van der Waals surface area contributed by atoms with Crippen LogP contribution in [0.4, 0.5) is 4.39 Å². The van der Waals surface area contributed by atoms with Crippen LogP contribution < -0.4 is 21.3 Å². The van der Waals surface area contributed by atoms with E-state index >= 15 is 0 Å². The molecule has 1 unspecified atom stereocenters. The maximum atomic E-state index is 14.3. The fraction of sp³-hybridized carbons (Fsp3) is 0.423. The van der Waals surface area contributed by atoms with Crippen molar-refractivity contribution in [1.29, 1.82) is 0 Å². The monoisotopic (exact) mass is 574 g/mol. The molecule has 0 bridgehead atoms. The predicted octanol–water partition coefficient (Wildman–Crippen LogP) is 2.10. The molecule has 2 N–H and O–H groups in total. The molecule has 3 heterocycles. The first-order chi connectivity index (χ1) is 19.1. The first-order valence-electron chi connectivity index (χ1n) is 12.6. The third-order valence-corrected chi connectivity index (χ3v) is 7.59. The maximum absolute atomic E-state index is 14.3. The van der Waals surface area contributed by atoms with Gasteiger partial charge in [-0.3, -0.25) is 14.2 Å². The second-order valence-electron chi connectivity index (χ2n) is 9.41.